The second-order valence-electron chi connectivity index (χ2n) is 2.95. The van der Waals surface area contributed by atoms with Crippen LogP contribution in [0.15, 0.2) is 12.7 Å². The van der Waals surface area contributed by atoms with Crippen LogP contribution in [0.3, 0.4) is 0 Å². The summed E-state index contributed by atoms with van der Waals surface area (Å²) in [4.78, 5) is 10.6. The molecule has 1 aliphatic rings. The molecule has 0 aromatic carbocycles. The van der Waals surface area contributed by atoms with Crippen molar-refractivity contribution >= 4 is 5.78 Å². The molecule has 50 valence electrons. The van der Waals surface area contributed by atoms with E-state index in [4.69, 9.17) is 0 Å². The summed E-state index contributed by atoms with van der Waals surface area (Å²) in [6.07, 6.45) is 4.96. The largest absolute Gasteiger partial charge is 0.300 e. The topological polar surface area (TPSA) is 17.1 Å². The van der Waals surface area contributed by atoms with Crippen molar-refractivity contribution in [1.29, 1.82) is 0 Å². The third-order valence-corrected chi connectivity index (χ3v) is 1.93. The van der Waals surface area contributed by atoms with Crippen molar-refractivity contribution < 1.29 is 4.79 Å². The standard InChI is InChI=1S/C8H12O/c1-3-8(4-5-8)6-7(2)9/h3H,1,4-6H2,2H3. The molecule has 0 heterocycles. The van der Waals surface area contributed by atoms with Gasteiger partial charge in [-0.15, -0.1) is 6.58 Å². The summed E-state index contributed by atoms with van der Waals surface area (Å²) in [5.74, 6) is 0.285. The molecule has 0 aromatic heterocycles. The molecule has 0 spiro atoms. The van der Waals surface area contributed by atoms with E-state index in [9.17, 15) is 4.79 Å². The third kappa shape index (κ3) is 1.41. The van der Waals surface area contributed by atoms with Gasteiger partial charge in [0.05, 0.1) is 0 Å². The second-order valence-corrected chi connectivity index (χ2v) is 2.95. The first-order valence-corrected chi connectivity index (χ1v) is 3.32. The van der Waals surface area contributed by atoms with Crippen LogP contribution >= 0.6 is 0 Å². The smallest absolute Gasteiger partial charge is 0.130 e. The monoisotopic (exact) mass is 124 g/mol. The predicted octanol–water partition coefficient (Wildman–Crippen LogP) is 1.93. The van der Waals surface area contributed by atoms with Crippen LogP contribution < -0.4 is 0 Å². The molecule has 0 atom stereocenters. The Morgan fingerprint density at radius 3 is 2.44 bits per heavy atom. The highest BCUT2D eigenvalue weighted by Gasteiger charge is 2.39. The van der Waals surface area contributed by atoms with E-state index in [1.165, 1.54) is 0 Å². The van der Waals surface area contributed by atoms with Crippen molar-refractivity contribution in [3.63, 3.8) is 0 Å². The lowest BCUT2D eigenvalue weighted by Crippen LogP contribution is -2.01. The number of hydrogen-bond acceptors (Lipinski definition) is 1. The minimum atomic E-state index is 0.228. The van der Waals surface area contributed by atoms with E-state index in [1.807, 2.05) is 6.08 Å². The lowest BCUT2D eigenvalue weighted by molar-refractivity contribution is -0.117. The van der Waals surface area contributed by atoms with Crippen LogP contribution in [0.2, 0.25) is 0 Å². The zero-order valence-corrected chi connectivity index (χ0v) is 5.81. The number of carbonyl (C=O) groups is 1. The molecular weight excluding hydrogens is 112 g/mol. The molecule has 0 unspecified atom stereocenters. The Kier molecular flexibility index (Phi) is 1.43. The maximum Gasteiger partial charge on any atom is 0.130 e. The van der Waals surface area contributed by atoms with Crippen molar-refractivity contribution in [2.24, 2.45) is 5.41 Å². The Labute approximate surface area is 55.8 Å². The zero-order valence-electron chi connectivity index (χ0n) is 5.81. The Hall–Kier alpha value is -0.590. The number of rotatable bonds is 3. The summed E-state index contributed by atoms with van der Waals surface area (Å²) in [5.41, 5.74) is 0.228. The molecular formula is C8H12O. The maximum absolute atomic E-state index is 10.6. The minimum absolute atomic E-state index is 0.228. The lowest BCUT2D eigenvalue weighted by Gasteiger charge is -2.03. The Morgan fingerprint density at radius 1 is 1.78 bits per heavy atom. The normalized spacial score (nSPS) is 21.0. The van der Waals surface area contributed by atoms with Gasteiger partial charge < -0.3 is 0 Å². The van der Waals surface area contributed by atoms with E-state index in [-0.39, 0.29) is 11.2 Å². The Morgan fingerprint density at radius 2 is 2.33 bits per heavy atom. The SMILES string of the molecule is C=CC1(CC(C)=O)CC1. The molecule has 1 fully saturated rings. The quantitative estimate of drug-likeness (QED) is 0.525. The first kappa shape index (κ1) is 6.53. The summed E-state index contributed by atoms with van der Waals surface area (Å²) in [5, 5.41) is 0. The van der Waals surface area contributed by atoms with Gasteiger partial charge in [-0.1, -0.05) is 6.08 Å². The molecule has 9 heavy (non-hydrogen) atoms. The number of allylic oxidation sites excluding steroid dienone is 1. The van der Waals surface area contributed by atoms with Gasteiger partial charge >= 0.3 is 0 Å². The minimum Gasteiger partial charge on any atom is -0.300 e. The van der Waals surface area contributed by atoms with Crippen molar-refractivity contribution in [3.8, 4) is 0 Å². The number of Topliss-reactive ketones (excluding diaryl/α,β-unsaturated/α-hetero) is 1. The van der Waals surface area contributed by atoms with E-state index in [0.717, 1.165) is 12.8 Å². The van der Waals surface area contributed by atoms with Gasteiger partial charge in [-0.25, -0.2) is 0 Å². The molecule has 0 N–H and O–H groups in total. The molecule has 0 aromatic rings. The molecule has 1 heteroatoms. The van der Waals surface area contributed by atoms with E-state index >= 15 is 0 Å². The molecule has 1 rings (SSSR count). The summed E-state index contributed by atoms with van der Waals surface area (Å²) in [7, 11) is 0. The predicted molar refractivity (Wildman–Crippen MR) is 37.2 cm³/mol. The van der Waals surface area contributed by atoms with Gasteiger partial charge in [0.25, 0.3) is 0 Å². The summed E-state index contributed by atoms with van der Waals surface area (Å²) in [6, 6.07) is 0. The van der Waals surface area contributed by atoms with Crippen LogP contribution in [0, 0.1) is 5.41 Å². The lowest BCUT2D eigenvalue weighted by atomic mass is 10.0. The van der Waals surface area contributed by atoms with E-state index in [1.54, 1.807) is 6.92 Å². The highest BCUT2D eigenvalue weighted by Crippen LogP contribution is 2.49. The van der Waals surface area contributed by atoms with Gasteiger partial charge in [-0.2, -0.15) is 0 Å². The van der Waals surface area contributed by atoms with Gasteiger partial charge in [0, 0.05) is 6.42 Å². The van der Waals surface area contributed by atoms with Crippen molar-refractivity contribution in [1.82, 2.24) is 0 Å². The van der Waals surface area contributed by atoms with Crippen LogP contribution in [0.5, 0.6) is 0 Å². The molecule has 0 aliphatic heterocycles. The maximum atomic E-state index is 10.6. The molecule has 0 saturated heterocycles. The molecule has 0 amide bonds. The average molecular weight is 124 g/mol. The van der Waals surface area contributed by atoms with Crippen LogP contribution in [0.25, 0.3) is 0 Å². The van der Waals surface area contributed by atoms with Gasteiger partial charge in [0.2, 0.25) is 0 Å². The summed E-state index contributed by atoms with van der Waals surface area (Å²) >= 11 is 0. The molecule has 1 saturated carbocycles. The molecule has 0 bridgehead atoms. The van der Waals surface area contributed by atoms with Gasteiger partial charge in [0.15, 0.2) is 0 Å². The van der Waals surface area contributed by atoms with Crippen LogP contribution in [-0.2, 0) is 4.79 Å². The first-order chi connectivity index (χ1) is 4.18. The number of hydrogen-bond donors (Lipinski definition) is 0. The van der Waals surface area contributed by atoms with Crippen molar-refractivity contribution in [2.75, 3.05) is 0 Å². The van der Waals surface area contributed by atoms with Crippen molar-refractivity contribution in [3.05, 3.63) is 12.7 Å². The fraction of sp³-hybridized carbons (Fsp3) is 0.625. The first-order valence-electron chi connectivity index (χ1n) is 3.32. The van der Waals surface area contributed by atoms with Gasteiger partial charge in [-0.05, 0) is 25.2 Å². The summed E-state index contributed by atoms with van der Waals surface area (Å²) < 4.78 is 0. The van der Waals surface area contributed by atoms with Gasteiger partial charge in [-0.3, -0.25) is 4.79 Å². The number of carbonyl (C=O) groups excluding carboxylic acids is 1. The average Bonchev–Trinajstić information content (AvgIpc) is 2.48. The van der Waals surface area contributed by atoms with E-state index in [2.05, 4.69) is 6.58 Å². The van der Waals surface area contributed by atoms with E-state index < -0.39 is 0 Å². The van der Waals surface area contributed by atoms with Crippen LogP contribution in [0.1, 0.15) is 26.2 Å². The van der Waals surface area contributed by atoms with Crippen LogP contribution in [0.4, 0.5) is 0 Å². The number of ketones is 1. The highest BCUT2D eigenvalue weighted by molar-refractivity contribution is 5.77. The zero-order chi connectivity index (χ0) is 6.91. The van der Waals surface area contributed by atoms with Gasteiger partial charge in [0.1, 0.15) is 5.78 Å². The van der Waals surface area contributed by atoms with E-state index in [0.29, 0.717) is 6.42 Å². The van der Waals surface area contributed by atoms with Crippen LogP contribution in [-0.4, -0.2) is 5.78 Å². The van der Waals surface area contributed by atoms with Crippen molar-refractivity contribution in [2.45, 2.75) is 26.2 Å². The third-order valence-electron chi connectivity index (χ3n) is 1.93. The Balaban J connectivity index is 2.42. The Bertz CT molecular complexity index is 143. The highest BCUT2D eigenvalue weighted by atomic mass is 16.1. The fourth-order valence-electron chi connectivity index (χ4n) is 1.11. The molecule has 1 nitrogen and oxygen atoms in total. The fourth-order valence-corrected chi connectivity index (χ4v) is 1.11. The second kappa shape index (κ2) is 1.98. The summed E-state index contributed by atoms with van der Waals surface area (Å²) in [6.45, 7) is 5.34. The molecule has 0 radical (unpaired) electrons. The molecule has 1 aliphatic carbocycles.